The highest BCUT2D eigenvalue weighted by Gasteiger charge is 2.24. The van der Waals surface area contributed by atoms with Gasteiger partial charge in [-0.1, -0.05) is 41.6 Å². The van der Waals surface area contributed by atoms with Gasteiger partial charge in [0.15, 0.2) is 5.82 Å². The van der Waals surface area contributed by atoms with Gasteiger partial charge in [-0.25, -0.2) is 12.7 Å². The molecule has 2 aromatic carbocycles. The number of rotatable bonds is 6. The summed E-state index contributed by atoms with van der Waals surface area (Å²) in [6, 6.07) is 17.4. The Morgan fingerprint density at radius 2 is 1.67 bits per heavy atom. The SMILES string of the molecule is CS(=O)(=O)N(CC(O)Cn1c2ccccc2c2ccccc21)c1ccon1. The topological polar surface area (TPSA) is 88.6 Å². The van der Waals surface area contributed by atoms with Gasteiger partial charge in [0, 0.05) is 27.9 Å². The number of aromatic nitrogens is 2. The lowest BCUT2D eigenvalue weighted by atomic mass is 10.2. The van der Waals surface area contributed by atoms with Crippen molar-refractivity contribution in [3.8, 4) is 0 Å². The summed E-state index contributed by atoms with van der Waals surface area (Å²) in [5.41, 5.74) is 1.98. The van der Waals surface area contributed by atoms with Crippen molar-refractivity contribution in [1.82, 2.24) is 9.72 Å². The highest BCUT2D eigenvalue weighted by Crippen LogP contribution is 2.29. The fourth-order valence-corrected chi connectivity index (χ4v) is 4.27. The molecule has 1 atom stereocenters. The van der Waals surface area contributed by atoms with Crippen LogP contribution < -0.4 is 4.31 Å². The number of aliphatic hydroxyl groups is 1. The zero-order valence-electron chi connectivity index (χ0n) is 14.7. The van der Waals surface area contributed by atoms with Crippen LogP contribution in [0, 0.1) is 0 Å². The second-order valence-electron chi connectivity index (χ2n) is 6.45. The number of fused-ring (bicyclic) bond motifs is 3. The van der Waals surface area contributed by atoms with Crippen LogP contribution >= 0.6 is 0 Å². The Labute approximate surface area is 156 Å². The average Bonchev–Trinajstić information content (AvgIpc) is 3.27. The van der Waals surface area contributed by atoms with E-state index < -0.39 is 16.1 Å². The molecule has 8 heteroatoms. The average molecular weight is 385 g/mol. The van der Waals surface area contributed by atoms with Crippen LogP contribution in [0.2, 0.25) is 0 Å². The zero-order chi connectivity index (χ0) is 19.0. The largest absolute Gasteiger partial charge is 0.389 e. The third-order valence-corrected chi connectivity index (χ3v) is 5.67. The molecule has 1 unspecified atom stereocenters. The van der Waals surface area contributed by atoms with E-state index in [4.69, 9.17) is 4.52 Å². The molecule has 0 saturated heterocycles. The Morgan fingerprint density at radius 3 is 2.19 bits per heavy atom. The van der Waals surface area contributed by atoms with Gasteiger partial charge in [-0.05, 0) is 12.1 Å². The quantitative estimate of drug-likeness (QED) is 0.551. The molecular formula is C19H19N3O4S. The monoisotopic (exact) mass is 385 g/mol. The Bertz CT molecular complexity index is 1130. The summed E-state index contributed by atoms with van der Waals surface area (Å²) in [6.07, 6.45) is 1.44. The van der Waals surface area contributed by atoms with E-state index in [1.807, 2.05) is 53.1 Å². The number of nitrogens with zero attached hydrogens (tertiary/aromatic N) is 3. The van der Waals surface area contributed by atoms with Gasteiger partial charge in [-0.2, -0.15) is 0 Å². The number of hydrogen-bond acceptors (Lipinski definition) is 5. The van der Waals surface area contributed by atoms with Crippen LogP contribution in [0.15, 0.2) is 65.4 Å². The standard InChI is InChI=1S/C19H19N3O4S/c1-27(24,25)22(19-10-11-26-20-19)13-14(23)12-21-17-8-4-2-6-15(17)16-7-3-5-9-18(16)21/h2-11,14,23H,12-13H2,1H3. The summed E-state index contributed by atoms with van der Waals surface area (Å²) in [4.78, 5) is 0. The first-order chi connectivity index (χ1) is 12.9. The molecule has 0 aliphatic carbocycles. The predicted octanol–water partition coefficient (Wildman–Crippen LogP) is 2.61. The predicted molar refractivity (Wildman–Crippen MR) is 104 cm³/mol. The van der Waals surface area contributed by atoms with Crippen molar-refractivity contribution in [3.63, 3.8) is 0 Å². The summed E-state index contributed by atoms with van der Waals surface area (Å²) in [5, 5.41) is 16.6. The van der Waals surface area contributed by atoms with E-state index in [-0.39, 0.29) is 18.9 Å². The van der Waals surface area contributed by atoms with E-state index in [1.54, 1.807) is 0 Å². The maximum atomic E-state index is 12.1. The van der Waals surface area contributed by atoms with E-state index in [1.165, 1.54) is 12.3 Å². The molecule has 0 aliphatic rings. The van der Waals surface area contributed by atoms with Crippen molar-refractivity contribution in [3.05, 3.63) is 60.9 Å². The van der Waals surface area contributed by atoms with Crippen LogP contribution in [0.5, 0.6) is 0 Å². The van der Waals surface area contributed by atoms with Crippen molar-refractivity contribution in [1.29, 1.82) is 0 Å². The molecule has 1 N–H and O–H groups in total. The second-order valence-corrected chi connectivity index (χ2v) is 8.36. The van der Waals surface area contributed by atoms with Gasteiger partial charge >= 0.3 is 0 Å². The Kier molecular flexibility index (Phi) is 4.37. The molecule has 4 rings (SSSR count). The number of para-hydroxylation sites is 2. The molecule has 0 amide bonds. The van der Waals surface area contributed by atoms with Crippen LogP contribution in [0.25, 0.3) is 21.8 Å². The fourth-order valence-electron chi connectivity index (χ4n) is 3.39. The third kappa shape index (κ3) is 3.29. The van der Waals surface area contributed by atoms with E-state index in [0.717, 1.165) is 32.4 Å². The molecule has 2 aromatic heterocycles. The Balaban J connectivity index is 1.69. The van der Waals surface area contributed by atoms with Crippen molar-refractivity contribution >= 4 is 37.6 Å². The highest BCUT2D eigenvalue weighted by molar-refractivity contribution is 7.92. The lowest BCUT2D eigenvalue weighted by Gasteiger charge is -2.23. The van der Waals surface area contributed by atoms with Crippen molar-refractivity contribution in [2.24, 2.45) is 0 Å². The van der Waals surface area contributed by atoms with E-state index >= 15 is 0 Å². The molecule has 0 fully saturated rings. The molecule has 27 heavy (non-hydrogen) atoms. The lowest BCUT2D eigenvalue weighted by molar-refractivity contribution is 0.165. The number of hydrogen-bond donors (Lipinski definition) is 1. The van der Waals surface area contributed by atoms with Crippen LogP contribution in [0.1, 0.15) is 0 Å². The van der Waals surface area contributed by atoms with Gasteiger partial charge in [0.25, 0.3) is 0 Å². The maximum absolute atomic E-state index is 12.1. The van der Waals surface area contributed by atoms with Crippen LogP contribution in [0.3, 0.4) is 0 Å². The van der Waals surface area contributed by atoms with Crippen LogP contribution in [-0.2, 0) is 16.6 Å². The Hall–Kier alpha value is -2.84. The molecular weight excluding hydrogens is 366 g/mol. The van der Waals surface area contributed by atoms with E-state index in [9.17, 15) is 13.5 Å². The fraction of sp³-hybridized carbons (Fsp3) is 0.211. The first kappa shape index (κ1) is 17.6. The summed E-state index contributed by atoms with van der Waals surface area (Å²) in [5.74, 6) is 0.152. The maximum Gasteiger partial charge on any atom is 0.233 e. The lowest BCUT2D eigenvalue weighted by Crippen LogP contribution is -2.38. The minimum absolute atomic E-state index is 0.119. The van der Waals surface area contributed by atoms with Crippen molar-refractivity contribution < 1.29 is 18.0 Å². The minimum atomic E-state index is -3.61. The normalized spacial score (nSPS) is 13.3. The summed E-state index contributed by atoms with van der Waals surface area (Å²) in [6.45, 7) is 0.129. The number of sulfonamides is 1. The molecule has 2 heterocycles. The first-order valence-electron chi connectivity index (χ1n) is 8.47. The van der Waals surface area contributed by atoms with E-state index in [0.29, 0.717) is 0 Å². The van der Waals surface area contributed by atoms with Gasteiger partial charge in [-0.3, -0.25) is 0 Å². The zero-order valence-corrected chi connectivity index (χ0v) is 15.5. The first-order valence-corrected chi connectivity index (χ1v) is 10.3. The highest BCUT2D eigenvalue weighted by atomic mass is 32.2. The molecule has 0 radical (unpaired) electrons. The molecule has 0 bridgehead atoms. The van der Waals surface area contributed by atoms with Crippen LogP contribution in [-0.4, -0.2) is 42.2 Å². The molecule has 7 nitrogen and oxygen atoms in total. The van der Waals surface area contributed by atoms with E-state index in [2.05, 4.69) is 5.16 Å². The minimum Gasteiger partial charge on any atom is -0.389 e. The molecule has 0 saturated carbocycles. The van der Waals surface area contributed by atoms with Crippen molar-refractivity contribution in [2.45, 2.75) is 12.6 Å². The summed E-state index contributed by atoms with van der Waals surface area (Å²) < 4.78 is 32.1. The van der Waals surface area contributed by atoms with Gasteiger partial charge in [-0.15, -0.1) is 0 Å². The van der Waals surface area contributed by atoms with Gasteiger partial charge in [0.2, 0.25) is 10.0 Å². The molecule has 140 valence electrons. The number of anilines is 1. The molecule has 0 spiro atoms. The number of benzene rings is 2. The molecule has 0 aliphatic heterocycles. The van der Waals surface area contributed by atoms with Gasteiger partial charge in [0.1, 0.15) is 6.26 Å². The van der Waals surface area contributed by atoms with Crippen LogP contribution in [0.4, 0.5) is 5.82 Å². The number of aliphatic hydroxyl groups excluding tert-OH is 1. The summed E-state index contributed by atoms with van der Waals surface area (Å²) in [7, 11) is -3.61. The molecule has 4 aromatic rings. The smallest absolute Gasteiger partial charge is 0.233 e. The third-order valence-electron chi connectivity index (χ3n) is 4.53. The van der Waals surface area contributed by atoms with Gasteiger partial charge < -0.3 is 14.2 Å². The Morgan fingerprint density at radius 1 is 1.07 bits per heavy atom. The summed E-state index contributed by atoms with van der Waals surface area (Å²) >= 11 is 0. The van der Waals surface area contributed by atoms with Crippen molar-refractivity contribution in [2.75, 3.05) is 17.1 Å². The van der Waals surface area contributed by atoms with Gasteiger partial charge in [0.05, 0.1) is 25.4 Å². The second kappa shape index (κ2) is 6.71.